The molecule has 4 bridgehead atoms. The lowest BCUT2D eigenvalue weighted by atomic mass is 9.99. The van der Waals surface area contributed by atoms with Gasteiger partial charge < -0.3 is 9.84 Å². The molecule has 37 heavy (non-hydrogen) atoms. The molecule has 1 aromatic rings. The molecular formula is C24H34F3N5O4S. The molecule has 0 aromatic carbocycles. The van der Waals surface area contributed by atoms with Crippen LogP contribution in [0.3, 0.4) is 0 Å². The van der Waals surface area contributed by atoms with Gasteiger partial charge in [-0.05, 0) is 64.3 Å². The highest BCUT2D eigenvalue weighted by molar-refractivity contribution is 7.86. The van der Waals surface area contributed by atoms with Crippen LogP contribution in [0.25, 0.3) is 0 Å². The third-order valence-electron chi connectivity index (χ3n) is 8.81. The van der Waals surface area contributed by atoms with Crippen molar-refractivity contribution in [2.24, 2.45) is 0 Å². The summed E-state index contributed by atoms with van der Waals surface area (Å²) >= 11 is 0. The van der Waals surface area contributed by atoms with E-state index in [0.717, 1.165) is 44.3 Å². The van der Waals surface area contributed by atoms with Crippen molar-refractivity contribution in [3.63, 3.8) is 0 Å². The van der Waals surface area contributed by atoms with Crippen LogP contribution < -0.4 is 5.32 Å². The fraction of sp³-hybridized carbons (Fsp3) is 0.833. The number of nitrogens with one attached hydrogen (secondary N) is 1. The third-order valence-corrected chi connectivity index (χ3v) is 10.9. The summed E-state index contributed by atoms with van der Waals surface area (Å²) in [6, 6.07) is 1.18. The maximum Gasteiger partial charge on any atom is 0.389 e. The van der Waals surface area contributed by atoms with E-state index in [4.69, 9.17) is 4.52 Å². The molecule has 206 valence electrons. The van der Waals surface area contributed by atoms with Crippen LogP contribution in [0.4, 0.5) is 13.2 Å². The first-order chi connectivity index (χ1) is 17.6. The van der Waals surface area contributed by atoms with Gasteiger partial charge in [0.05, 0.1) is 0 Å². The van der Waals surface area contributed by atoms with Crippen molar-refractivity contribution in [3.8, 4) is 0 Å². The van der Waals surface area contributed by atoms with Crippen LogP contribution in [0.2, 0.25) is 0 Å². The third kappa shape index (κ3) is 5.16. The Morgan fingerprint density at radius 1 is 1.03 bits per heavy atom. The summed E-state index contributed by atoms with van der Waals surface area (Å²) in [7, 11) is -3.70. The zero-order chi connectivity index (χ0) is 25.9. The number of carbonyl (C=O) groups is 1. The number of hydrogen-bond donors (Lipinski definition) is 1. The van der Waals surface area contributed by atoms with Gasteiger partial charge >= 0.3 is 6.18 Å². The van der Waals surface area contributed by atoms with Crippen molar-refractivity contribution >= 4 is 16.1 Å². The van der Waals surface area contributed by atoms with E-state index in [1.165, 1.54) is 0 Å². The number of nitrogens with zero attached hydrogens (tertiary/aromatic N) is 4. The second-order valence-corrected chi connectivity index (χ2v) is 13.2. The number of aromatic nitrogens is 1. The number of halogens is 3. The fourth-order valence-corrected chi connectivity index (χ4v) is 9.07. The minimum atomic E-state index is -4.16. The van der Waals surface area contributed by atoms with Crippen LogP contribution in [-0.2, 0) is 10.2 Å². The summed E-state index contributed by atoms with van der Waals surface area (Å²) in [6.07, 6.45) is 1.44. The van der Waals surface area contributed by atoms with Crippen molar-refractivity contribution in [2.75, 3.05) is 19.6 Å². The molecule has 5 aliphatic rings. The lowest BCUT2D eigenvalue weighted by Gasteiger charge is -2.45. The van der Waals surface area contributed by atoms with Gasteiger partial charge in [-0.2, -0.15) is 30.2 Å². The summed E-state index contributed by atoms with van der Waals surface area (Å²) in [5, 5.41) is 6.95. The van der Waals surface area contributed by atoms with E-state index < -0.39 is 22.8 Å². The Hall–Kier alpha value is -1.70. The molecule has 9 nitrogen and oxygen atoms in total. The van der Waals surface area contributed by atoms with E-state index >= 15 is 0 Å². The normalized spacial score (nSPS) is 33.2. The SMILES string of the molecule is O=C(N[C@H]1C[C@H]2CC[C@@H](C1)N2S(=O)(=O)N1CC2CCC(C1)N2CCCC(F)(F)F)c1cc(C2CC2)on1. The second kappa shape index (κ2) is 9.49. The van der Waals surface area contributed by atoms with Crippen molar-refractivity contribution in [3.05, 3.63) is 17.5 Å². The molecule has 5 atom stereocenters. The van der Waals surface area contributed by atoms with Gasteiger partial charge in [0.1, 0.15) is 5.76 Å². The second-order valence-electron chi connectivity index (χ2n) is 11.4. The molecule has 0 spiro atoms. The van der Waals surface area contributed by atoms with Crippen LogP contribution in [0.15, 0.2) is 10.6 Å². The van der Waals surface area contributed by atoms with Gasteiger partial charge in [-0.3, -0.25) is 9.69 Å². The first-order valence-corrected chi connectivity index (χ1v) is 14.9. The number of fused-ring (bicyclic) bond motifs is 4. The molecule has 1 aromatic heterocycles. The van der Waals surface area contributed by atoms with E-state index in [-0.39, 0.29) is 48.2 Å². The predicted molar refractivity (Wildman–Crippen MR) is 127 cm³/mol. The monoisotopic (exact) mass is 545 g/mol. The number of alkyl halides is 3. The minimum Gasteiger partial charge on any atom is -0.360 e. The Balaban J connectivity index is 1.06. The maximum absolute atomic E-state index is 13.8. The Labute approximate surface area is 214 Å². The van der Waals surface area contributed by atoms with Crippen molar-refractivity contribution in [1.29, 1.82) is 0 Å². The van der Waals surface area contributed by atoms with Crippen molar-refractivity contribution in [2.45, 2.75) is 107 Å². The lowest BCUT2D eigenvalue weighted by molar-refractivity contribution is -0.136. The molecule has 5 fully saturated rings. The van der Waals surface area contributed by atoms with Crippen molar-refractivity contribution < 1.29 is 30.9 Å². The van der Waals surface area contributed by atoms with E-state index in [1.807, 2.05) is 0 Å². The van der Waals surface area contributed by atoms with Gasteiger partial charge in [-0.15, -0.1) is 0 Å². The van der Waals surface area contributed by atoms with Gasteiger partial charge in [0.25, 0.3) is 16.1 Å². The largest absolute Gasteiger partial charge is 0.389 e. The van der Waals surface area contributed by atoms with Gasteiger partial charge in [-0.25, -0.2) is 0 Å². The number of rotatable bonds is 8. The molecule has 1 amide bonds. The average Bonchev–Trinajstić information content (AvgIpc) is 3.42. The maximum atomic E-state index is 13.8. The quantitative estimate of drug-likeness (QED) is 0.539. The van der Waals surface area contributed by atoms with E-state index in [2.05, 4.69) is 15.4 Å². The Kier molecular flexibility index (Phi) is 6.56. The molecule has 4 aliphatic heterocycles. The minimum absolute atomic E-state index is 0.0285. The number of piperazine rings is 1. The first-order valence-electron chi connectivity index (χ1n) is 13.5. The lowest BCUT2D eigenvalue weighted by Crippen LogP contribution is -2.61. The first kappa shape index (κ1) is 25.6. The summed E-state index contributed by atoms with van der Waals surface area (Å²) in [5.74, 6) is 0.838. The smallest absolute Gasteiger partial charge is 0.360 e. The van der Waals surface area contributed by atoms with Crippen LogP contribution in [-0.4, -0.2) is 89.0 Å². The molecule has 1 aliphatic carbocycles. The summed E-state index contributed by atoms with van der Waals surface area (Å²) < 4.78 is 73.8. The molecular weight excluding hydrogens is 511 g/mol. The average molecular weight is 546 g/mol. The molecule has 1 saturated carbocycles. The Bertz CT molecular complexity index is 1100. The van der Waals surface area contributed by atoms with Gasteiger partial charge in [0.15, 0.2) is 5.69 Å². The number of hydrogen-bond acceptors (Lipinski definition) is 6. The molecule has 4 saturated heterocycles. The number of amides is 1. The van der Waals surface area contributed by atoms with Gasteiger partial charge in [0, 0.05) is 61.7 Å². The molecule has 0 radical (unpaired) electrons. The standard InChI is InChI=1S/C24H34F3N5O4S/c25-24(26,27)8-1-9-31-19-6-7-20(31)14-30(13-19)37(34,35)32-17-4-5-18(32)11-16(10-17)28-23(33)21-12-22(36-29-21)15-2-3-15/h12,15-20H,1-11,13-14H2,(H,28,33)/t16-,17+,18-,19?,20?. The topological polar surface area (TPSA) is 99.0 Å². The fourth-order valence-electron chi connectivity index (χ4n) is 6.94. The highest BCUT2D eigenvalue weighted by Crippen LogP contribution is 2.42. The van der Waals surface area contributed by atoms with Gasteiger partial charge in [-0.1, -0.05) is 5.16 Å². The Morgan fingerprint density at radius 2 is 1.65 bits per heavy atom. The number of carbonyl (C=O) groups excluding carboxylic acids is 1. The predicted octanol–water partition coefficient (Wildman–Crippen LogP) is 3.01. The number of piperidine rings is 1. The zero-order valence-corrected chi connectivity index (χ0v) is 21.5. The van der Waals surface area contributed by atoms with E-state index in [1.54, 1.807) is 14.7 Å². The van der Waals surface area contributed by atoms with Crippen LogP contribution in [0.5, 0.6) is 0 Å². The van der Waals surface area contributed by atoms with Crippen LogP contribution in [0.1, 0.15) is 86.4 Å². The van der Waals surface area contributed by atoms with Crippen LogP contribution >= 0.6 is 0 Å². The molecule has 6 rings (SSSR count). The van der Waals surface area contributed by atoms with Gasteiger partial charge in [0.2, 0.25) is 0 Å². The molecule has 13 heteroatoms. The molecule has 2 unspecified atom stereocenters. The van der Waals surface area contributed by atoms with E-state index in [9.17, 15) is 26.4 Å². The Morgan fingerprint density at radius 3 is 2.24 bits per heavy atom. The van der Waals surface area contributed by atoms with Crippen molar-refractivity contribution in [1.82, 2.24) is 24.0 Å². The molecule has 5 heterocycles. The highest BCUT2D eigenvalue weighted by atomic mass is 32.2. The molecule has 1 N–H and O–H groups in total. The highest BCUT2D eigenvalue weighted by Gasteiger charge is 2.52. The summed E-state index contributed by atoms with van der Waals surface area (Å²) in [6.45, 7) is 1.01. The summed E-state index contributed by atoms with van der Waals surface area (Å²) in [5.41, 5.74) is 0.271. The van der Waals surface area contributed by atoms with Crippen LogP contribution in [0, 0.1) is 0 Å². The van der Waals surface area contributed by atoms with E-state index in [0.29, 0.717) is 38.4 Å². The summed E-state index contributed by atoms with van der Waals surface area (Å²) in [4.78, 5) is 14.8. The zero-order valence-electron chi connectivity index (χ0n) is 20.7.